The summed E-state index contributed by atoms with van der Waals surface area (Å²) in [4.78, 5) is 0. The Morgan fingerprint density at radius 2 is 2.05 bits per heavy atom. The lowest BCUT2D eigenvalue weighted by Crippen LogP contribution is -2.44. The first-order valence-corrected chi connectivity index (χ1v) is 9.79. The molecule has 0 aliphatic carbocycles. The Morgan fingerprint density at radius 1 is 1.38 bits per heavy atom. The standard InChI is InChI=1S/C15H24BrNO3S/c1-5-8-17-15(11(2)21(4,18)19)10-12-9-13(20-3)6-7-14(12)16/h6-7,9,11,15,17H,5,8,10H2,1-4H3. The molecule has 0 heterocycles. The van der Waals surface area contributed by atoms with Crippen LogP contribution in [-0.2, 0) is 16.3 Å². The Morgan fingerprint density at radius 3 is 2.57 bits per heavy atom. The predicted octanol–water partition coefficient (Wildman–Crippen LogP) is 2.80. The molecule has 120 valence electrons. The lowest BCUT2D eigenvalue weighted by atomic mass is 10.0. The number of hydrogen-bond acceptors (Lipinski definition) is 4. The third-order valence-electron chi connectivity index (χ3n) is 3.59. The van der Waals surface area contributed by atoms with Gasteiger partial charge in [-0.05, 0) is 50.1 Å². The predicted molar refractivity (Wildman–Crippen MR) is 90.8 cm³/mol. The van der Waals surface area contributed by atoms with Gasteiger partial charge in [-0.25, -0.2) is 8.42 Å². The summed E-state index contributed by atoms with van der Waals surface area (Å²) < 4.78 is 29.9. The van der Waals surface area contributed by atoms with E-state index < -0.39 is 15.1 Å². The lowest BCUT2D eigenvalue weighted by molar-refractivity contribution is 0.413. The van der Waals surface area contributed by atoms with Crippen LogP contribution in [0.1, 0.15) is 25.8 Å². The van der Waals surface area contributed by atoms with Crippen molar-refractivity contribution in [2.75, 3.05) is 19.9 Å². The molecule has 0 amide bonds. The molecule has 0 aromatic heterocycles. The summed E-state index contributed by atoms with van der Waals surface area (Å²) in [6.07, 6.45) is 2.89. The number of benzene rings is 1. The first-order valence-electron chi connectivity index (χ1n) is 7.04. The molecular weight excluding hydrogens is 354 g/mol. The maximum absolute atomic E-state index is 11.9. The average molecular weight is 378 g/mol. The zero-order valence-corrected chi connectivity index (χ0v) is 15.4. The van der Waals surface area contributed by atoms with Gasteiger partial charge in [0.05, 0.1) is 12.4 Å². The zero-order valence-electron chi connectivity index (χ0n) is 13.0. The maximum atomic E-state index is 11.9. The van der Waals surface area contributed by atoms with Gasteiger partial charge >= 0.3 is 0 Å². The first kappa shape index (κ1) is 18.5. The van der Waals surface area contributed by atoms with Crippen molar-refractivity contribution < 1.29 is 13.2 Å². The fraction of sp³-hybridized carbons (Fsp3) is 0.600. The quantitative estimate of drug-likeness (QED) is 0.756. The molecule has 0 radical (unpaired) electrons. The number of methoxy groups -OCH3 is 1. The molecule has 0 bridgehead atoms. The third-order valence-corrected chi connectivity index (χ3v) is 6.04. The van der Waals surface area contributed by atoms with Crippen LogP contribution < -0.4 is 10.1 Å². The molecule has 2 atom stereocenters. The van der Waals surface area contributed by atoms with Gasteiger partial charge < -0.3 is 10.1 Å². The van der Waals surface area contributed by atoms with Gasteiger partial charge in [0.25, 0.3) is 0 Å². The van der Waals surface area contributed by atoms with E-state index in [1.165, 1.54) is 6.26 Å². The Kier molecular flexibility index (Phi) is 7.16. The van der Waals surface area contributed by atoms with Gasteiger partial charge in [-0.1, -0.05) is 22.9 Å². The van der Waals surface area contributed by atoms with E-state index in [0.29, 0.717) is 6.42 Å². The largest absolute Gasteiger partial charge is 0.497 e. The zero-order chi connectivity index (χ0) is 16.0. The molecule has 1 aromatic carbocycles. The van der Waals surface area contributed by atoms with Gasteiger partial charge in [0.1, 0.15) is 5.75 Å². The molecule has 0 saturated carbocycles. The van der Waals surface area contributed by atoms with Crippen LogP contribution in [0.5, 0.6) is 5.75 Å². The summed E-state index contributed by atoms with van der Waals surface area (Å²) in [6, 6.07) is 5.63. The topological polar surface area (TPSA) is 55.4 Å². The fourth-order valence-electron chi connectivity index (χ4n) is 2.10. The van der Waals surface area contributed by atoms with Crippen molar-refractivity contribution in [3.05, 3.63) is 28.2 Å². The van der Waals surface area contributed by atoms with Crippen molar-refractivity contribution in [2.45, 2.75) is 38.0 Å². The van der Waals surface area contributed by atoms with Crippen LogP contribution in [0.4, 0.5) is 0 Å². The first-order chi connectivity index (χ1) is 9.79. The lowest BCUT2D eigenvalue weighted by Gasteiger charge is -2.24. The normalized spacial score (nSPS) is 14.7. The molecule has 1 aromatic rings. The molecule has 0 spiro atoms. The van der Waals surface area contributed by atoms with Crippen molar-refractivity contribution >= 4 is 25.8 Å². The number of halogens is 1. The second-order valence-corrected chi connectivity index (χ2v) is 8.51. The Bertz CT molecular complexity index is 560. The van der Waals surface area contributed by atoms with Gasteiger partial charge in [-0.15, -0.1) is 0 Å². The SMILES string of the molecule is CCCNC(Cc1cc(OC)ccc1Br)C(C)S(C)(=O)=O. The molecule has 21 heavy (non-hydrogen) atoms. The minimum absolute atomic E-state index is 0.122. The molecule has 0 aliphatic rings. The second kappa shape index (κ2) is 8.15. The molecule has 2 unspecified atom stereocenters. The van der Waals surface area contributed by atoms with Gasteiger partial charge in [-0.2, -0.15) is 0 Å². The van der Waals surface area contributed by atoms with E-state index in [1.54, 1.807) is 14.0 Å². The van der Waals surface area contributed by atoms with Crippen LogP contribution in [0, 0.1) is 0 Å². The van der Waals surface area contributed by atoms with E-state index >= 15 is 0 Å². The summed E-state index contributed by atoms with van der Waals surface area (Å²) in [7, 11) is -1.47. The summed E-state index contributed by atoms with van der Waals surface area (Å²) in [5.74, 6) is 0.773. The molecule has 0 fully saturated rings. The van der Waals surface area contributed by atoms with E-state index in [9.17, 15) is 8.42 Å². The third kappa shape index (κ3) is 5.60. The number of ether oxygens (including phenoxy) is 1. The van der Waals surface area contributed by atoms with Crippen molar-refractivity contribution in [3.63, 3.8) is 0 Å². The summed E-state index contributed by atoms with van der Waals surface area (Å²) >= 11 is 3.52. The van der Waals surface area contributed by atoms with Crippen molar-refractivity contribution in [1.29, 1.82) is 0 Å². The number of hydrogen-bond donors (Lipinski definition) is 1. The molecule has 1 rings (SSSR count). The molecule has 4 nitrogen and oxygen atoms in total. The highest BCUT2D eigenvalue weighted by molar-refractivity contribution is 9.10. The van der Waals surface area contributed by atoms with Crippen molar-refractivity contribution in [1.82, 2.24) is 5.32 Å². The minimum atomic E-state index is -3.09. The van der Waals surface area contributed by atoms with E-state index in [2.05, 4.69) is 28.2 Å². The highest BCUT2D eigenvalue weighted by Crippen LogP contribution is 2.25. The van der Waals surface area contributed by atoms with Crippen molar-refractivity contribution in [2.24, 2.45) is 0 Å². The fourth-order valence-corrected chi connectivity index (χ4v) is 3.30. The number of rotatable bonds is 8. The van der Waals surface area contributed by atoms with Crippen LogP contribution >= 0.6 is 15.9 Å². The van der Waals surface area contributed by atoms with Crippen molar-refractivity contribution in [3.8, 4) is 5.75 Å². The van der Waals surface area contributed by atoms with E-state index in [4.69, 9.17) is 4.74 Å². The van der Waals surface area contributed by atoms with Crippen LogP contribution in [0.25, 0.3) is 0 Å². The van der Waals surface area contributed by atoms with E-state index in [-0.39, 0.29) is 6.04 Å². The van der Waals surface area contributed by atoms with Gasteiger partial charge in [0.2, 0.25) is 0 Å². The van der Waals surface area contributed by atoms with Crippen LogP contribution in [0.3, 0.4) is 0 Å². The van der Waals surface area contributed by atoms with E-state index in [1.807, 2.05) is 18.2 Å². The van der Waals surface area contributed by atoms with Crippen LogP contribution in [0.15, 0.2) is 22.7 Å². The van der Waals surface area contributed by atoms with Crippen LogP contribution in [-0.4, -0.2) is 39.6 Å². The smallest absolute Gasteiger partial charge is 0.151 e. The maximum Gasteiger partial charge on any atom is 0.151 e. The van der Waals surface area contributed by atoms with Crippen LogP contribution in [0.2, 0.25) is 0 Å². The monoisotopic (exact) mass is 377 g/mol. The molecule has 6 heteroatoms. The Hall–Kier alpha value is -0.590. The average Bonchev–Trinajstić information content (AvgIpc) is 2.43. The number of nitrogens with one attached hydrogen (secondary N) is 1. The molecule has 0 saturated heterocycles. The highest BCUT2D eigenvalue weighted by Gasteiger charge is 2.26. The summed E-state index contributed by atoms with van der Waals surface area (Å²) in [6.45, 7) is 4.62. The minimum Gasteiger partial charge on any atom is -0.497 e. The van der Waals surface area contributed by atoms with E-state index in [0.717, 1.165) is 28.8 Å². The molecule has 1 N–H and O–H groups in total. The highest BCUT2D eigenvalue weighted by atomic mass is 79.9. The Labute approximate surface area is 136 Å². The molecular formula is C15H24BrNO3S. The number of sulfone groups is 1. The second-order valence-electron chi connectivity index (χ2n) is 5.26. The summed E-state index contributed by atoms with van der Waals surface area (Å²) in [5, 5.41) is 2.91. The van der Waals surface area contributed by atoms with Gasteiger partial charge in [-0.3, -0.25) is 0 Å². The van der Waals surface area contributed by atoms with Gasteiger partial charge in [0.15, 0.2) is 9.84 Å². The Balaban J connectivity index is 3.00. The summed E-state index contributed by atoms with van der Waals surface area (Å²) in [5.41, 5.74) is 1.04. The van der Waals surface area contributed by atoms with Gasteiger partial charge in [0, 0.05) is 16.8 Å². The molecule has 0 aliphatic heterocycles.